The van der Waals surface area contributed by atoms with Crippen LogP contribution in [0.1, 0.15) is 21.5 Å². The van der Waals surface area contributed by atoms with Crippen LogP contribution >= 0.6 is 0 Å². The predicted octanol–water partition coefficient (Wildman–Crippen LogP) is 3.15. The molecular weight excluding hydrogens is 471 g/mol. The van der Waals surface area contributed by atoms with E-state index in [4.69, 9.17) is 0 Å². The van der Waals surface area contributed by atoms with E-state index in [1.165, 1.54) is 24.3 Å². The minimum atomic E-state index is -3.90. The van der Waals surface area contributed by atoms with E-state index in [1.54, 1.807) is 19.1 Å². The Morgan fingerprint density at radius 1 is 0.879 bits per heavy atom. The molecule has 0 saturated heterocycles. The molecule has 174 valence electrons. The Balaban J connectivity index is 1.61. The Morgan fingerprint density at radius 3 is 2.09 bits per heavy atom. The average Bonchev–Trinajstić information content (AvgIpc) is 2.75. The maximum Gasteiger partial charge on any atom is 0.335 e. The molecule has 0 amide bonds. The van der Waals surface area contributed by atoms with Crippen molar-refractivity contribution in [3.63, 3.8) is 0 Å². The molecule has 0 fully saturated rings. The van der Waals surface area contributed by atoms with Crippen molar-refractivity contribution in [3.05, 3.63) is 89.2 Å². The second kappa shape index (κ2) is 9.69. The van der Waals surface area contributed by atoms with Gasteiger partial charge >= 0.3 is 5.97 Å². The molecule has 0 aliphatic carbocycles. The Labute approximate surface area is 191 Å². The number of aryl methyl sites for hydroxylation is 1. The first-order valence-corrected chi connectivity index (χ1v) is 12.7. The van der Waals surface area contributed by atoms with Crippen molar-refractivity contribution in [2.75, 3.05) is 11.3 Å². The number of carboxylic acid groups (broad SMARTS) is 1. The first-order chi connectivity index (χ1) is 15.5. The van der Waals surface area contributed by atoms with Gasteiger partial charge in [0.1, 0.15) is 5.82 Å². The highest BCUT2D eigenvalue weighted by atomic mass is 32.2. The lowest BCUT2D eigenvalue weighted by atomic mass is 10.1. The molecule has 3 aromatic carbocycles. The number of nitrogens with one attached hydrogen (secondary N) is 2. The summed E-state index contributed by atoms with van der Waals surface area (Å²) in [7, 11) is -7.77. The van der Waals surface area contributed by atoms with Crippen LogP contribution in [-0.2, 0) is 26.5 Å². The molecule has 8 nitrogen and oxygen atoms in total. The van der Waals surface area contributed by atoms with Gasteiger partial charge in [-0.1, -0.05) is 18.2 Å². The highest BCUT2D eigenvalue weighted by molar-refractivity contribution is 7.92. The van der Waals surface area contributed by atoms with Gasteiger partial charge in [0.05, 0.1) is 15.4 Å². The van der Waals surface area contributed by atoms with Gasteiger partial charge in [-0.2, -0.15) is 0 Å². The van der Waals surface area contributed by atoms with Gasteiger partial charge in [-0.05, 0) is 73.0 Å². The third-order valence-electron chi connectivity index (χ3n) is 4.79. The standard InChI is InChI=1S/C22H21FN2O6S2/c1-15-2-9-20(14-21(15)22(26)27)32(28,29)24-13-12-16-3-7-18(8-4-16)25-33(30,31)19-10-5-17(23)6-11-19/h2-11,14,24-25H,12-13H2,1H3,(H,26,27). The zero-order valence-electron chi connectivity index (χ0n) is 17.4. The van der Waals surface area contributed by atoms with E-state index in [-0.39, 0.29) is 21.9 Å². The number of rotatable bonds is 9. The van der Waals surface area contributed by atoms with Crippen LogP contribution in [0.2, 0.25) is 0 Å². The summed E-state index contributed by atoms with van der Waals surface area (Å²) in [5, 5.41) is 9.18. The minimum Gasteiger partial charge on any atom is -0.478 e. The minimum absolute atomic E-state index is 0.0548. The van der Waals surface area contributed by atoms with Crippen molar-refractivity contribution in [1.29, 1.82) is 0 Å². The quantitative estimate of drug-likeness (QED) is 0.421. The molecular formula is C22H21FN2O6S2. The molecule has 0 unspecified atom stereocenters. The zero-order valence-corrected chi connectivity index (χ0v) is 19.1. The van der Waals surface area contributed by atoms with Gasteiger partial charge in [-0.15, -0.1) is 0 Å². The fourth-order valence-corrected chi connectivity index (χ4v) is 5.10. The Kier molecular flexibility index (Phi) is 7.15. The van der Waals surface area contributed by atoms with Crippen LogP contribution in [0.25, 0.3) is 0 Å². The van der Waals surface area contributed by atoms with Crippen molar-refractivity contribution in [2.45, 2.75) is 23.1 Å². The maximum absolute atomic E-state index is 13.0. The average molecular weight is 493 g/mol. The van der Waals surface area contributed by atoms with E-state index in [1.807, 2.05) is 0 Å². The number of anilines is 1. The van der Waals surface area contributed by atoms with Gasteiger partial charge < -0.3 is 5.11 Å². The van der Waals surface area contributed by atoms with Crippen LogP contribution in [0, 0.1) is 12.7 Å². The summed E-state index contributed by atoms with van der Waals surface area (Å²) in [5.41, 5.74) is 1.41. The maximum atomic E-state index is 13.0. The van der Waals surface area contributed by atoms with Gasteiger partial charge in [0.15, 0.2) is 0 Å². The van der Waals surface area contributed by atoms with Crippen LogP contribution in [0.15, 0.2) is 76.5 Å². The molecule has 0 atom stereocenters. The number of carbonyl (C=O) groups is 1. The Bertz CT molecular complexity index is 1370. The van der Waals surface area contributed by atoms with Crippen molar-refractivity contribution < 1.29 is 31.1 Å². The van der Waals surface area contributed by atoms with Gasteiger partial charge in [0, 0.05) is 12.2 Å². The number of carboxylic acids is 1. The zero-order chi connectivity index (χ0) is 24.2. The smallest absolute Gasteiger partial charge is 0.335 e. The van der Waals surface area contributed by atoms with Crippen molar-refractivity contribution in [2.24, 2.45) is 0 Å². The molecule has 3 N–H and O–H groups in total. The van der Waals surface area contributed by atoms with Crippen molar-refractivity contribution in [1.82, 2.24) is 4.72 Å². The Morgan fingerprint density at radius 2 is 1.48 bits per heavy atom. The summed E-state index contributed by atoms with van der Waals surface area (Å²) in [6.45, 7) is 1.63. The molecule has 3 aromatic rings. The van der Waals surface area contributed by atoms with Crippen molar-refractivity contribution >= 4 is 31.7 Å². The fraction of sp³-hybridized carbons (Fsp3) is 0.136. The number of hydrogen-bond acceptors (Lipinski definition) is 5. The molecule has 0 radical (unpaired) electrons. The van der Waals surface area contributed by atoms with E-state index in [2.05, 4.69) is 9.44 Å². The largest absolute Gasteiger partial charge is 0.478 e. The molecule has 0 saturated carbocycles. The molecule has 3 rings (SSSR count). The SMILES string of the molecule is Cc1ccc(S(=O)(=O)NCCc2ccc(NS(=O)(=O)c3ccc(F)cc3)cc2)cc1C(=O)O. The topological polar surface area (TPSA) is 130 Å². The van der Waals surface area contributed by atoms with Crippen LogP contribution in [0.5, 0.6) is 0 Å². The van der Waals surface area contributed by atoms with Gasteiger partial charge in [-0.25, -0.2) is 30.7 Å². The van der Waals surface area contributed by atoms with E-state index in [0.29, 0.717) is 17.7 Å². The molecule has 0 aromatic heterocycles. The summed E-state index contributed by atoms with van der Waals surface area (Å²) in [6.07, 6.45) is 0.321. The van der Waals surface area contributed by atoms with E-state index in [9.17, 15) is 31.1 Å². The third kappa shape index (κ3) is 6.15. The first kappa shape index (κ1) is 24.4. The molecule has 0 heterocycles. The fourth-order valence-electron chi connectivity index (χ4n) is 2.98. The lowest BCUT2D eigenvalue weighted by Crippen LogP contribution is -2.26. The molecule has 0 aliphatic heterocycles. The van der Waals surface area contributed by atoms with E-state index in [0.717, 1.165) is 35.9 Å². The summed E-state index contributed by atoms with van der Waals surface area (Å²) in [4.78, 5) is 11.0. The molecule has 0 spiro atoms. The van der Waals surface area contributed by atoms with Crippen LogP contribution in [-0.4, -0.2) is 34.5 Å². The summed E-state index contributed by atoms with van der Waals surface area (Å²) >= 11 is 0. The number of halogens is 1. The Hall–Kier alpha value is -3.28. The highest BCUT2D eigenvalue weighted by Gasteiger charge is 2.18. The number of benzene rings is 3. The van der Waals surface area contributed by atoms with E-state index < -0.39 is 31.8 Å². The van der Waals surface area contributed by atoms with Crippen LogP contribution < -0.4 is 9.44 Å². The molecule has 11 heteroatoms. The predicted molar refractivity (Wildman–Crippen MR) is 121 cm³/mol. The van der Waals surface area contributed by atoms with Crippen LogP contribution in [0.3, 0.4) is 0 Å². The lowest BCUT2D eigenvalue weighted by Gasteiger charge is -2.10. The molecule has 0 aliphatic rings. The monoisotopic (exact) mass is 492 g/mol. The second-order valence-corrected chi connectivity index (χ2v) is 10.6. The van der Waals surface area contributed by atoms with Gasteiger partial charge in [0.2, 0.25) is 10.0 Å². The summed E-state index contributed by atoms with van der Waals surface area (Å²) in [6, 6.07) is 14.7. The number of sulfonamides is 2. The van der Waals surface area contributed by atoms with Crippen LogP contribution in [0.4, 0.5) is 10.1 Å². The normalized spacial score (nSPS) is 11.8. The van der Waals surface area contributed by atoms with E-state index >= 15 is 0 Å². The lowest BCUT2D eigenvalue weighted by molar-refractivity contribution is 0.0696. The van der Waals surface area contributed by atoms with Gasteiger partial charge in [-0.3, -0.25) is 4.72 Å². The van der Waals surface area contributed by atoms with Gasteiger partial charge in [0.25, 0.3) is 10.0 Å². The number of aromatic carboxylic acids is 1. The number of hydrogen-bond donors (Lipinski definition) is 3. The molecule has 33 heavy (non-hydrogen) atoms. The second-order valence-electron chi connectivity index (χ2n) is 7.19. The summed E-state index contributed by atoms with van der Waals surface area (Å²) < 4.78 is 67.5. The summed E-state index contributed by atoms with van der Waals surface area (Å²) in [5.74, 6) is -1.75. The highest BCUT2D eigenvalue weighted by Crippen LogP contribution is 2.18. The third-order valence-corrected chi connectivity index (χ3v) is 7.64. The molecule has 0 bridgehead atoms. The first-order valence-electron chi connectivity index (χ1n) is 9.69. The van der Waals surface area contributed by atoms with Crippen molar-refractivity contribution in [3.8, 4) is 0 Å².